The molecule has 2 aromatic rings. The first kappa shape index (κ1) is 13.8. The molecule has 0 bridgehead atoms. The third kappa shape index (κ3) is 3.44. The summed E-state index contributed by atoms with van der Waals surface area (Å²) in [5.41, 5.74) is 1.25. The summed E-state index contributed by atoms with van der Waals surface area (Å²) in [5, 5.41) is 9.33. The molecule has 0 aliphatic carbocycles. The number of nitrogens with one attached hydrogen (secondary N) is 2. The number of aromatic nitrogens is 1. The molecule has 19 heavy (non-hydrogen) atoms. The van der Waals surface area contributed by atoms with Gasteiger partial charge in [0.1, 0.15) is 5.82 Å². The van der Waals surface area contributed by atoms with E-state index in [1.54, 1.807) is 0 Å². The summed E-state index contributed by atoms with van der Waals surface area (Å²) in [6, 6.07) is 9.31. The molecule has 1 heterocycles. The molecule has 0 aliphatic rings. The van der Waals surface area contributed by atoms with Crippen molar-refractivity contribution in [1.82, 2.24) is 10.3 Å². The quantitative estimate of drug-likeness (QED) is 0.860. The largest absolute Gasteiger partial charge is 0.367 e. The summed E-state index contributed by atoms with van der Waals surface area (Å²) in [6.45, 7) is 9.43. The minimum Gasteiger partial charge on any atom is -0.367 e. The fraction of sp³-hybridized carbons (Fsp3) is 0.438. The number of hydrogen-bond donors (Lipinski definition) is 2. The third-order valence-electron chi connectivity index (χ3n) is 3.00. The Labute approximate surface area is 115 Å². The Kier molecular flexibility index (Phi) is 4.38. The van der Waals surface area contributed by atoms with E-state index in [9.17, 15) is 0 Å². The van der Waals surface area contributed by atoms with Crippen LogP contribution in [0.4, 0.5) is 5.82 Å². The first-order valence-corrected chi connectivity index (χ1v) is 6.94. The molecule has 0 spiro atoms. The van der Waals surface area contributed by atoms with Gasteiger partial charge in [0.05, 0.1) is 0 Å². The maximum absolute atomic E-state index is 4.57. The Morgan fingerprint density at radius 2 is 1.68 bits per heavy atom. The molecule has 0 saturated carbocycles. The first-order valence-electron chi connectivity index (χ1n) is 6.94. The Morgan fingerprint density at radius 3 is 2.32 bits per heavy atom. The molecule has 1 aromatic carbocycles. The number of pyridine rings is 1. The van der Waals surface area contributed by atoms with Crippen LogP contribution in [0.1, 0.15) is 33.3 Å². The number of fused-ring (bicyclic) bond motifs is 1. The van der Waals surface area contributed by atoms with Gasteiger partial charge in [-0.1, -0.05) is 38.1 Å². The summed E-state index contributed by atoms with van der Waals surface area (Å²) < 4.78 is 0. The van der Waals surface area contributed by atoms with Gasteiger partial charge in [0.2, 0.25) is 0 Å². The molecule has 0 amide bonds. The molecule has 0 aliphatic heterocycles. The second-order valence-corrected chi connectivity index (χ2v) is 5.51. The van der Waals surface area contributed by atoms with Gasteiger partial charge in [0, 0.05) is 30.2 Å². The van der Waals surface area contributed by atoms with Crippen LogP contribution in [0.15, 0.2) is 30.5 Å². The van der Waals surface area contributed by atoms with E-state index in [1.807, 2.05) is 6.20 Å². The summed E-state index contributed by atoms with van der Waals surface area (Å²) in [4.78, 5) is 4.57. The van der Waals surface area contributed by atoms with Gasteiger partial charge in [-0.15, -0.1) is 0 Å². The number of benzene rings is 1. The second-order valence-electron chi connectivity index (χ2n) is 5.51. The van der Waals surface area contributed by atoms with Crippen molar-refractivity contribution in [3.05, 3.63) is 36.0 Å². The second kappa shape index (κ2) is 6.02. The van der Waals surface area contributed by atoms with Crippen LogP contribution < -0.4 is 10.6 Å². The number of hydrogen-bond acceptors (Lipinski definition) is 3. The fourth-order valence-corrected chi connectivity index (χ4v) is 2.09. The zero-order valence-corrected chi connectivity index (χ0v) is 12.2. The molecule has 2 rings (SSSR count). The SMILES string of the molecule is CC(C)NCc1cnc(NC(C)C)c2ccccc12. The topological polar surface area (TPSA) is 37.0 Å². The summed E-state index contributed by atoms with van der Waals surface area (Å²) >= 11 is 0. The summed E-state index contributed by atoms with van der Waals surface area (Å²) in [6.07, 6.45) is 1.97. The van der Waals surface area contributed by atoms with Crippen LogP contribution in [0.2, 0.25) is 0 Å². The lowest BCUT2D eigenvalue weighted by atomic mass is 10.1. The van der Waals surface area contributed by atoms with Crippen molar-refractivity contribution in [1.29, 1.82) is 0 Å². The van der Waals surface area contributed by atoms with Gasteiger partial charge in [-0.3, -0.25) is 0 Å². The van der Waals surface area contributed by atoms with E-state index >= 15 is 0 Å². The highest BCUT2D eigenvalue weighted by atomic mass is 15.0. The minimum absolute atomic E-state index is 0.385. The Hall–Kier alpha value is -1.61. The van der Waals surface area contributed by atoms with Crippen molar-refractivity contribution in [3.8, 4) is 0 Å². The third-order valence-corrected chi connectivity index (χ3v) is 3.00. The van der Waals surface area contributed by atoms with E-state index < -0.39 is 0 Å². The number of nitrogens with zero attached hydrogens (tertiary/aromatic N) is 1. The maximum Gasteiger partial charge on any atom is 0.134 e. The monoisotopic (exact) mass is 257 g/mol. The van der Waals surface area contributed by atoms with E-state index in [4.69, 9.17) is 0 Å². The molecular weight excluding hydrogens is 234 g/mol. The van der Waals surface area contributed by atoms with Crippen LogP contribution in [0.5, 0.6) is 0 Å². The maximum atomic E-state index is 4.57. The smallest absolute Gasteiger partial charge is 0.134 e. The highest BCUT2D eigenvalue weighted by Crippen LogP contribution is 2.24. The lowest BCUT2D eigenvalue weighted by Gasteiger charge is -2.15. The van der Waals surface area contributed by atoms with E-state index in [0.29, 0.717) is 12.1 Å². The van der Waals surface area contributed by atoms with Gasteiger partial charge in [-0.25, -0.2) is 4.98 Å². The van der Waals surface area contributed by atoms with E-state index in [1.165, 1.54) is 16.3 Å². The van der Waals surface area contributed by atoms with Crippen molar-refractivity contribution in [2.75, 3.05) is 5.32 Å². The minimum atomic E-state index is 0.385. The molecule has 0 unspecified atom stereocenters. The van der Waals surface area contributed by atoms with Crippen LogP contribution in [0, 0.1) is 0 Å². The van der Waals surface area contributed by atoms with Crippen LogP contribution in [0.25, 0.3) is 10.8 Å². The van der Waals surface area contributed by atoms with Crippen molar-refractivity contribution >= 4 is 16.6 Å². The lowest BCUT2D eigenvalue weighted by Crippen LogP contribution is -2.22. The first-order chi connectivity index (χ1) is 9.08. The van der Waals surface area contributed by atoms with Crippen molar-refractivity contribution < 1.29 is 0 Å². The Balaban J connectivity index is 2.40. The van der Waals surface area contributed by atoms with Gasteiger partial charge < -0.3 is 10.6 Å². The Bertz CT molecular complexity index is 547. The number of anilines is 1. The molecule has 102 valence electrons. The molecule has 0 saturated heterocycles. The molecule has 1 aromatic heterocycles. The van der Waals surface area contributed by atoms with Crippen LogP contribution in [0.3, 0.4) is 0 Å². The van der Waals surface area contributed by atoms with Crippen LogP contribution in [-0.2, 0) is 6.54 Å². The van der Waals surface area contributed by atoms with E-state index in [2.05, 4.69) is 67.6 Å². The number of rotatable bonds is 5. The Morgan fingerprint density at radius 1 is 1.00 bits per heavy atom. The average molecular weight is 257 g/mol. The highest BCUT2D eigenvalue weighted by Gasteiger charge is 2.08. The molecule has 2 N–H and O–H groups in total. The van der Waals surface area contributed by atoms with Crippen molar-refractivity contribution in [2.24, 2.45) is 0 Å². The van der Waals surface area contributed by atoms with E-state index in [-0.39, 0.29) is 0 Å². The van der Waals surface area contributed by atoms with Gasteiger partial charge >= 0.3 is 0 Å². The molecule has 0 fully saturated rings. The molecule has 0 atom stereocenters. The van der Waals surface area contributed by atoms with Crippen LogP contribution in [-0.4, -0.2) is 17.1 Å². The average Bonchev–Trinajstić information content (AvgIpc) is 2.37. The van der Waals surface area contributed by atoms with Gasteiger partial charge in [-0.05, 0) is 24.8 Å². The van der Waals surface area contributed by atoms with Gasteiger partial charge in [0.25, 0.3) is 0 Å². The zero-order chi connectivity index (χ0) is 13.8. The van der Waals surface area contributed by atoms with Crippen molar-refractivity contribution in [3.63, 3.8) is 0 Å². The predicted octanol–water partition coefficient (Wildman–Crippen LogP) is 3.55. The van der Waals surface area contributed by atoms with Gasteiger partial charge in [-0.2, -0.15) is 0 Å². The predicted molar refractivity (Wildman–Crippen MR) is 82.5 cm³/mol. The molecular formula is C16H23N3. The standard InChI is InChI=1S/C16H23N3/c1-11(2)17-9-13-10-18-16(19-12(3)4)15-8-6-5-7-14(13)15/h5-8,10-12,17H,9H2,1-4H3,(H,18,19). The molecule has 3 nitrogen and oxygen atoms in total. The zero-order valence-electron chi connectivity index (χ0n) is 12.2. The lowest BCUT2D eigenvalue weighted by molar-refractivity contribution is 0.590. The molecule has 0 radical (unpaired) electrons. The highest BCUT2D eigenvalue weighted by molar-refractivity contribution is 5.94. The normalized spacial score (nSPS) is 11.5. The van der Waals surface area contributed by atoms with Crippen molar-refractivity contribution in [2.45, 2.75) is 46.3 Å². The van der Waals surface area contributed by atoms with E-state index in [0.717, 1.165) is 12.4 Å². The summed E-state index contributed by atoms with van der Waals surface area (Å²) in [7, 11) is 0. The van der Waals surface area contributed by atoms with Gasteiger partial charge in [0.15, 0.2) is 0 Å². The fourth-order valence-electron chi connectivity index (χ4n) is 2.09. The van der Waals surface area contributed by atoms with Crippen LogP contribution >= 0.6 is 0 Å². The summed E-state index contributed by atoms with van der Waals surface area (Å²) in [5.74, 6) is 0.971. The molecule has 3 heteroatoms.